The molecule has 0 saturated carbocycles. The highest BCUT2D eigenvalue weighted by atomic mass is 79.9. The summed E-state index contributed by atoms with van der Waals surface area (Å²) in [7, 11) is 0. The first-order valence-corrected chi connectivity index (χ1v) is 7.59. The van der Waals surface area contributed by atoms with E-state index in [1.807, 2.05) is 6.07 Å². The average molecular weight is 336 g/mol. The average Bonchev–Trinajstić information content (AvgIpc) is 2.43. The molecule has 1 nitrogen and oxygen atoms in total. The number of benzene rings is 2. The molecule has 0 fully saturated rings. The van der Waals surface area contributed by atoms with Crippen LogP contribution in [0, 0.1) is 19.7 Å². The van der Waals surface area contributed by atoms with Crippen LogP contribution in [0.15, 0.2) is 40.9 Å². The predicted octanol–water partition coefficient (Wildman–Crippen LogP) is 4.90. The van der Waals surface area contributed by atoms with Crippen molar-refractivity contribution < 1.29 is 4.39 Å². The fourth-order valence-corrected chi connectivity index (χ4v) is 2.91. The Kier molecular flexibility index (Phi) is 4.95. The summed E-state index contributed by atoms with van der Waals surface area (Å²) < 4.78 is 14.3. The SMILES string of the molecule is CCNC(c1cccc(C)c1C)c1cccc(F)c1Br. The zero-order valence-corrected chi connectivity index (χ0v) is 13.6. The van der Waals surface area contributed by atoms with E-state index in [0.717, 1.165) is 12.1 Å². The Bertz CT molecular complexity index is 558. The van der Waals surface area contributed by atoms with E-state index in [0.29, 0.717) is 4.47 Å². The van der Waals surface area contributed by atoms with Crippen molar-refractivity contribution in [3.8, 4) is 0 Å². The van der Waals surface area contributed by atoms with Gasteiger partial charge < -0.3 is 5.32 Å². The van der Waals surface area contributed by atoms with Gasteiger partial charge in [0.15, 0.2) is 0 Å². The molecule has 2 aromatic rings. The quantitative estimate of drug-likeness (QED) is 0.837. The molecule has 0 amide bonds. The molecule has 1 unspecified atom stereocenters. The molecule has 0 saturated heterocycles. The highest BCUT2D eigenvalue weighted by molar-refractivity contribution is 9.10. The van der Waals surface area contributed by atoms with Crippen molar-refractivity contribution in [2.75, 3.05) is 6.54 Å². The predicted molar refractivity (Wildman–Crippen MR) is 85.5 cm³/mol. The van der Waals surface area contributed by atoms with E-state index >= 15 is 0 Å². The number of hydrogen-bond donors (Lipinski definition) is 1. The lowest BCUT2D eigenvalue weighted by molar-refractivity contribution is 0.594. The van der Waals surface area contributed by atoms with Crippen LogP contribution in [0.3, 0.4) is 0 Å². The van der Waals surface area contributed by atoms with Gasteiger partial charge in [0.2, 0.25) is 0 Å². The van der Waals surface area contributed by atoms with Crippen LogP contribution in [0.25, 0.3) is 0 Å². The van der Waals surface area contributed by atoms with Crippen LogP contribution in [0.4, 0.5) is 4.39 Å². The first-order chi connectivity index (χ1) is 9.56. The highest BCUT2D eigenvalue weighted by Crippen LogP contribution is 2.32. The summed E-state index contributed by atoms with van der Waals surface area (Å²) in [6, 6.07) is 11.4. The molecule has 0 aromatic heterocycles. The molecule has 2 rings (SSSR count). The minimum Gasteiger partial charge on any atom is -0.306 e. The van der Waals surface area contributed by atoms with Crippen molar-refractivity contribution >= 4 is 15.9 Å². The Hall–Kier alpha value is -1.19. The maximum atomic E-state index is 13.8. The van der Waals surface area contributed by atoms with Crippen molar-refractivity contribution in [2.24, 2.45) is 0 Å². The lowest BCUT2D eigenvalue weighted by atomic mass is 9.92. The molecule has 0 bridgehead atoms. The lowest BCUT2D eigenvalue weighted by Crippen LogP contribution is -2.23. The Morgan fingerprint density at radius 2 is 1.75 bits per heavy atom. The third-order valence-corrected chi connectivity index (χ3v) is 4.49. The van der Waals surface area contributed by atoms with Gasteiger partial charge in [-0.15, -0.1) is 0 Å². The molecule has 20 heavy (non-hydrogen) atoms. The molecule has 106 valence electrons. The van der Waals surface area contributed by atoms with Crippen molar-refractivity contribution in [3.63, 3.8) is 0 Å². The topological polar surface area (TPSA) is 12.0 Å². The van der Waals surface area contributed by atoms with Gasteiger partial charge in [-0.05, 0) is 64.6 Å². The minimum atomic E-state index is -0.226. The van der Waals surface area contributed by atoms with Crippen molar-refractivity contribution in [1.82, 2.24) is 5.32 Å². The molecule has 0 aliphatic rings. The summed E-state index contributed by atoms with van der Waals surface area (Å²) >= 11 is 3.38. The third kappa shape index (κ3) is 2.94. The standard InChI is InChI=1S/C17H19BrFN/c1-4-20-17(13-8-5-7-11(2)12(13)3)14-9-6-10-15(19)16(14)18/h5-10,17,20H,4H2,1-3H3. The van der Waals surface area contributed by atoms with Crippen LogP contribution in [0.1, 0.15) is 35.2 Å². The molecule has 0 heterocycles. The Labute approximate surface area is 128 Å². The van der Waals surface area contributed by atoms with E-state index in [1.165, 1.54) is 22.8 Å². The largest absolute Gasteiger partial charge is 0.306 e. The molecular formula is C17H19BrFN. The summed E-state index contributed by atoms with van der Waals surface area (Å²) in [6.45, 7) is 7.09. The van der Waals surface area contributed by atoms with Gasteiger partial charge in [0.05, 0.1) is 10.5 Å². The molecule has 0 aliphatic heterocycles. The molecular weight excluding hydrogens is 317 g/mol. The second-order valence-corrected chi connectivity index (χ2v) is 5.72. The first-order valence-electron chi connectivity index (χ1n) is 6.79. The van der Waals surface area contributed by atoms with E-state index in [1.54, 1.807) is 6.07 Å². The van der Waals surface area contributed by atoms with Gasteiger partial charge in [-0.25, -0.2) is 4.39 Å². The number of halogens is 2. The van der Waals surface area contributed by atoms with E-state index in [9.17, 15) is 4.39 Å². The number of aryl methyl sites for hydroxylation is 1. The zero-order valence-electron chi connectivity index (χ0n) is 12.0. The molecule has 1 N–H and O–H groups in total. The van der Waals surface area contributed by atoms with Gasteiger partial charge in [0.25, 0.3) is 0 Å². The second-order valence-electron chi connectivity index (χ2n) is 4.92. The highest BCUT2D eigenvalue weighted by Gasteiger charge is 2.19. The zero-order chi connectivity index (χ0) is 14.7. The molecule has 1 atom stereocenters. The van der Waals surface area contributed by atoms with Crippen LogP contribution in [-0.2, 0) is 0 Å². The van der Waals surface area contributed by atoms with Crippen LogP contribution >= 0.6 is 15.9 Å². The summed E-state index contributed by atoms with van der Waals surface area (Å²) in [5.41, 5.74) is 4.62. The van der Waals surface area contributed by atoms with Crippen molar-refractivity contribution in [2.45, 2.75) is 26.8 Å². The summed E-state index contributed by atoms with van der Waals surface area (Å²) in [4.78, 5) is 0. The maximum absolute atomic E-state index is 13.8. The normalized spacial score (nSPS) is 12.4. The van der Waals surface area contributed by atoms with Crippen LogP contribution in [0.2, 0.25) is 0 Å². The Morgan fingerprint density at radius 1 is 1.10 bits per heavy atom. The van der Waals surface area contributed by atoms with Gasteiger partial charge in [0.1, 0.15) is 5.82 Å². The van der Waals surface area contributed by atoms with Crippen LogP contribution in [0.5, 0.6) is 0 Å². The molecule has 0 radical (unpaired) electrons. The van der Waals surface area contributed by atoms with Gasteiger partial charge in [-0.2, -0.15) is 0 Å². The fraction of sp³-hybridized carbons (Fsp3) is 0.294. The monoisotopic (exact) mass is 335 g/mol. The van der Waals surface area contributed by atoms with Gasteiger partial charge in [-0.1, -0.05) is 37.3 Å². The number of hydrogen-bond acceptors (Lipinski definition) is 1. The van der Waals surface area contributed by atoms with Crippen molar-refractivity contribution in [3.05, 3.63) is 68.9 Å². The number of rotatable bonds is 4. The molecule has 0 spiro atoms. The molecule has 2 aromatic carbocycles. The van der Waals surface area contributed by atoms with Crippen LogP contribution < -0.4 is 5.32 Å². The van der Waals surface area contributed by atoms with Gasteiger partial charge in [-0.3, -0.25) is 0 Å². The third-order valence-electron chi connectivity index (χ3n) is 3.66. The van der Waals surface area contributed by atoms with E-state index in [2.05, 4.69) is 60.2 Å². The summed E-state index contributed by atoms with van der Waals surface area (Å²) in [5.74, 6) is -0.226. The van der Waals surface area contributed by atoms with Crippen LogP contribution in [-0.4, -0.2) is 6.54 Å². The number of nitrogens with one attached hydrogen (secondary N) is 1. The van der Waals surface area contributed by atoms with E-state index in [-0.39, 0.29) is 11.9 Å². The smallest absolute Gasteiger partial charge is 0.137 e. The first kappa shape index (κ1) is 15.2. The van der Waals surface area contributed by atoms with E-state index < -0.39 is 0 Å². The maximum Gasteiger partial charge on any atom is 0.137 e. The van der Waals surface area contributed by atoms with Gasteiger partial charge in [0, 0.05) is 0 Å². The summed E-state index contributed by atoms with van der Waals surface area (Å²) in [5, 5.41) is 3.45. The van der Waals surface area contributed by atoms with E-state index in [4.69, 9.17) is 0 Å². The molecule has 0 aliphatic carbocycles. The molecule has 3 heteroatoms. The fourth-order valence-electron chi connectivity index (χ4n) is 2.42. The van der Waals surface area contributed by atoms with Crippen molar-refractivity contribution in [1.29, 1.82) is 0 Å². The minimum absolute atomic E-state index is 0.00928. The van der Waals surface area contributed by atoms with Gasteiger partial charge >= 0.3 is 0 Å². The Balaban J connectivity index is 2.56. The Morgan fingerprint density at radius 3 is 2.45 bits per heavy atom. The second kappa shape index (κ2) is 6.51. The summed E-state index contributed by atoms with van der Waals surface area (Å²) in [6.07, 6.45) is 0. The lowest BCUT2D eigenvalue weighted by Gasteiger charge is -2.23.